The number of anilines is 1. The maximum Gasteiger partial charge on any atom is 0.250 e. The molecule has 0 bridgehead atoms. The fraction of sp³-hybridized carbons (Fsp3) is 0.267. The number of aromatic amines is 1. The van der Waals surface area contributed by atoms with Crippen molar-refractivity contribution in [2.75, 3.05) is 11.9 Å². The molecule has 0 aliphatic heterocycles. The zero-order chi connectivity index (χ0) is 14.7. The molecule has 0 unspecified atom stereocenters. The molecular weight excluding hydrogens is 266 g/mol. The van der Waals surface area contributed by atoms with Gasteiger partial charge in [0.1, 0.15) is 11.3 Å². The number of H-pyrrole nitrogens is 1. The largest absolute Gasteiger partial charge is 0.437 e. The Morgan fingerprint density at radius 1 is 1.19 bits per heavy atom. The van der Waals surface area contributed by atoms with E-state index in [2.05, 4.69) is 32.2 Å². The van der Waals surface area contributed by atoms with Gasteiger partial charge in [0.05, 0.1) is 6.33 Å². The summed E-state index contributed by atoms with van der Waals surface area (Å²) in [7, 11) is 0. The molecule has 0 saturated heterocycles. The van der Waals surface area contributed by atoms with Crippen LogP contribution in [0.1, 0.15) is 18.9 Å². The molecule has 0 fully saturated rings. The molecule has 0 amide bonds. The van der Waals surface area contributed by atoms with Crippen LogP contribution in [0.25, 0.3) is 11.2 Å². The molecule has 1 aromatic carbocycles. The Labute approximate surface area is 122 Å². The molecule has 0 aliphatic carbocycles. The van der Waals surface area contributed by atoms with Crippen molar-refractivity contribution in [1.82, 2.24) is 19.9 Å². The van der Waals surface area contributed by atoms with E-state index in [0.717, 1.165) is 18.7 Å². The quantitative estimate of drug-likeness (QED) is 0.751. The van der Waals surface area contributed by atoms with Crippen LogP contribution in [0.5, 0.6) is 11.6 Å². The van der Waals surface area contributed by atoms with Crippen molar-refractivity contribution in [3.8, 4) is 11.6 Å². The lowest BCUT2D eigenvalue weighted by atomic mass is 10.2. The third-order valence-electron chi connectivity index (χ3n) is 3.02. The van der Waals surface area contributed by atoms with Crippen LogP contribution in [-0.2, 0) is 0 Å². The molecule has 0 atom stereocenters. The molecule has 3 aromatic rings. The summed E-state index contributed by atoms with van der Waals surface area (Å²) < 4.78 is 5.86. The predicted molar refractivity (Wildman–Crippen MR) is 81.7 cm³/mol. The third-order valence-corrected chi connectivity index (χ3v) is 3.02. The first kappa shape index (κ1) is 13.4. The van der Waals surface area contributed by atoms with Crippen molar-refractivity contribution in [1.29, 1.82) is 0 Å². The van der Waals surface area contributed by atoms with Crippen LogP contribution in [0, 0.1) is 6.92 Å². The Morgan fingerprint density at radius 2 is 2.00 bits per heavy atom. The molecule has 3 rings (SSSR count). The highest BCUT2D eigenvalue weighted by atomic mass is 16.5. The highest BCUT2D eigenvalue weighted by Crippen LogP contribution is 2.26. The third kappa shape index (κ3) is 2.94. The van der Waals surface area contributed by atoms with Crippen molar-refractivity contribution in [2.24, 2.45) is 0 Å². The second-order valence-electron chi connectivity index (χ2n) is 4.80. The van der Waals surface area contributed by atoms with Crippen LogP contribution in [0.3, 0.4) is 0 Å². The Balaban J connectivity index is 1.95. The first-order chi connectivity index (χ1) is 10.3. The smallest absolute Gasteiger partial charge is 0.250 e. The number of aryl methyl sites for hydroxylation is 1. The fourth-order valence-corrected chi connectivity index (χ4v) is 1.91. The average Bonchev–Trinajstić information content (AvgIpc) is 2.96. The number of hydrogen-bond acceptors (Lipinski definition) is 5. The molecule has 0 saturated carbocycles. The summed E-state index contributed by atoms with van der Waals surface area (Å²) in [5.74, 6) is 1.73. The summed E-state index contributed by atoms with van der Waals surface area (Å²) >= 11 is 0. The standard InChI is InChI=1S/C15H17N5O/c1-3-8-16-15-19-13-12(17-9-18-13)14(20-15)21-11-6-4-10(2)5-7-11/h4-7,9H,3,8H2,1-2H3,(H2,16,17,18,19,20). The molecule has 0 radical (unpaired) electrons. The van der Waals surface area contributed by atoms with Gasteiger partial charge < -0.3 is 15.0 Å². The number of ether oxygens (including phenoxy) is 1. The van der Waals surface area contributed by atoms with E-state index in [4.69, 9.17) is 4.74 Å². The fourth-order valence-electron chi connectivity index (χ4n) is 1.91. The average molecular weight is 283 g/mol. The summed E-state index contributed by atoms with van der Waals surface area (Å²) in [5, 5.41) is 3.16. The second kappa shape index (κ2) is 5.78. The lowest BCUT2D eigenvalue weighted by Gasteiger charge is -2.08. The van der Waals surface area contributed by atoms with Crippen LogP contribution >= 0.6 is 0 Å². The Morgan fingerprint density at radius 3 is 2.76 bits per heavy atom. The normalized spacial score (nSPS) is 10.8. The van der Waals surface area contributed by atoms with Crippen LogP contribution in [0.15, 0.2) is 30.6 Å². The molecule has 2 heterocycles. The first-order valence-corrected chi connectivity index (χ1v) is 6.96. The van der Waals surface area contributed by atoms with Gasteiger partial charge >= 0.3 is 0 Å². The molecule has 2 N–H and O–H groups in total. The molecule has 0 aliphatic rings. The Bertz CT molecular complexity index is 735. The van der Waals surface area contributed by atoms with E-state index in [1.807, 2.05) is 31.2 Å². The van der Waals surface area contributed by atoms with Crippen LogP contribution in [0.4, 0.5) is 5.95 Å². The minimum Gasteiger partial charge on any atom is -0.437 e. The maximum absolute atomic E-state index is 5.86. The molecule has 2 aromatic heterocycles. The van der Waals surface area contributed by atoms with Gasteiger partial charge in [-0.1, -0.05) is 24.6 Å². The maximum atomic E-state index is 5.86. The van der Waals surface area contributed by atoms with Gasteiger partial charge in [0, 0.05) is 6.54 Å². The molecular formula is C15H17N5O. The van der Waals surface area contributed by atoms with Gasteiger partial charge in [0.15, 0.2) is 5.65 Å². The van der Waals surface area contributed by atoms with Crippen molar-refractivity contribution in [3.05, 3.63) is 36.2 Å². The Kier molecular flexibility index (Phi) is 3.68. The topological polar surface area (TPSA) is 75.7 Å². The van der Waals surface area contributed by atoms with Gasteiger partial charge in [-0.2, -0.15) is 9.97 Å². The minimum absolute atomic E-state index is 0.472. The van der Waals surface area contributed by atoms with Crippen LogP contribution in [-0.4, -0.2) is 26.5 Å². The molecule has 6 heteroatoms. The number of aromatic nitrogens is 4. The lowest BCUT2D eigenvalue weighted by Crippen LogP contribution is -2.05. The van der Waals surface area contributed by atoms with E-state index in [9.17, 15) is 0 Å². The highest BCUT2D eigenvalue weighted by Gasteiger charge is 2.11. The van der Waals surface area contributed by atoms with Gasteiger partial charge in [0.25, 0.3) is 5.88 Å². The van der Waals surface area contributed by atoms with Gasteiger partial charge in [0.2, 0.25) is 5.95 Å². The number of benzene rings is 1. The van der Waals surface area contributed by atoms with Gasteiger partial charge in [-0.15, -0.1) is 0 Å². The summed E-state index contributed by atoms with van der Waals surface area (Å²) in [6, 6.07) is 7.82. The summed E-state index contributed by atoms with van der Waals surface area (Å²) in [6.07, 6.45) is 2.58. The number of nitrogens with zero attached hydrogens (tertiary/aromatic N) is 3. The van der Waals surface area contributed by atoms with E-state index in [1.165, 1.54) is 5.56 Å². The van der Waals surface area contributed by atoms with Gasteiger partial charge in [-0.3, -0.25) is 0 Å². The Hall–Kier alpha value is -2.63. The van der Waals surface area contributed by atoms with E-state index < -0.39 is 0 Å². The van der Waals surface area contributed by atoms with E-state index in [0.29, 0.717) is 23.0 Å². The number of rotatable bonds is 5. The van der Waals surface area contributed by atoms with Crippen molar-refractivity contribution < 1.29 is 4.74 Å². The predicted octanol–water partition coefficient (Wildman–Crippen LogP) is 3.28. The second-order valence-corrected chi connectivity index (χ2v) is 4.80. The number of fused-ring (bicyclic) bond motifs is 1. The van der Waals surface area contributed by atoms with Crippen molar-refractivity contribution in [2.45, 2.75) is 20.3 Å². The zero-order valence-electron chi connectivity index (χ0n) is 12.1. The summed E-state index contributed by atoms with van der Waals surface area (Å²) in [4.78, 5) is 15.9. The van der Waals surface area contributed by atoms with Crippen LogP contribution < -0.4 is 10.1 Å². The van der Waals surface area contributed by atoms with E-state index in [-0.39, 0.29) is 0 Å². The van der Waals surface area contributed by atoms with Crippen LogP contribution in [0.2, 0.25) is 0 Å². The molecule has 21 heavy (non-hydrogen) atoms. The molecule has 0 spiro atoms. The van der Waals surface area contributed by atoms with E-state index in [1.54, 1.807) is 6.33 Å². The number of hydrogen-bond donors (Lipinski definition) is 2. The van der Waals surface area contributed by atoms with Crippen molar-refractivity contribution >= 4 is 17.1 Å². The van der Waals surface area contributed by atoms with Gasteiger partial charge in [-0.25, -0.2) is 4.98 Å². The summed E-state index contributed by atoms with van der Waals surface area (Å²) in [6.45, 7) is 4.93. The molecule has 6 nitrogen and oxygen atoms in total. The number of nitrogens with one attached hydrogen (secondary N) is 2. The lowest BCUT2D eigenvalue weighted by molar-refractivity contribution is 0.467. The summed E-state index contributed by atoms with van der Waals surface area (Å²) in [5.41, 5.74) is 2.46. The SMILES string of the molecule is CCCNc1nc(Oc2ccc(C)cc2)c2[nH]cnc2n1. The number of imidazole rings is 1. The highest BCUT2D eigenvalue weighted by molar-refractivity contribution is 5.77. The first-order valence-electron chi connectivity index (χ1n) is 6.96. The monoisotopic (exact) mass is 283 g/mol. The molecule has 108 valence electrons. The zero-order valence-corrected chi connectivity index (χ0v) is 12.1. The van der Waals surface area contributed by atoms with E-state index >= 15 is 0 Å². The minimum atomic E-state index is 0.472. The van der Waals surface area contributed by atoms with Crippen molar-refractivity contribution in [3.63, 3.8) is 0 Å². The van der Waals surface area contributed by atoms with Gasteiger partial charge in [-0.05, 0) is 25.5 Å².